The number of nitrogens with zero attached hydrogens (tertiary/aromatic N) is 2. The smallest absolute Gasteiger partial charge is 0.254 e. The van der Waals surface area contributed by atoms with E-state index in [4.69, 9.17) is 9.47 Å². The summed E-state index contributed by atoms with van der Waals surface area (Å²) < 4.78 is 10.9. The van der Waals surface area contributed by atoms with Gasteiger partial charge >= 0.3 is 0 Å². The third-order valence-electron chi connectivity index (χ3n) is 7.66. The fourth-order valence-corrected chi connectivity index (χ4v) is 5.13. The molecular formula is C33H37N3O4. The monoisotopic (exact) mass is 539 g/mol. The molecule has 7 heteroatoms. The lowest BCUT2D eigenvalue weighted by atomic mass is 10.1. The van der Waals surface area contributed by atoms with Gasteiger partial charge in [-0.05, 0) is 72.7 Å². The molecular weight excluding hydrogens is 502 g/mol. The van der Waals surface area contributed by atoms with Gasteiger partial charge in [0.1, 0.15) is 6.54 Å². The average Bonchev–Trinajstić information content (AvgIpc) is 3.76. The molecule has 4 aromatic rings. The van der Waals surface area contributed by atoms with Crippen molar-refractivity contribution in [2.75, 3.05) is 27.3 Å². The zero-order valence-corrected chi connectivity index (χ0v) is 23.5. The summed E-state index contributed by atoms with van der Waals surface area (Å²) in [5.74, 6) is 1.11. The average molecular weight is 540 g/mol. The molecule has 1 aromatic heterocycles. The highest BCUT2D eigenvalue weighted by molar-refractivity contribution is 5.97. The molecule has 1 fully saturated rings. The highest BCUT2D eigenvalue weighted by Crippen LogP contribution is 2.30. The van der Waals surface area contributed by atoms with Crippen LogP contribution in [-0.2, 0) is 24.2 Å². The number of hydrogen-bond donors (Lipinski definition) is 1. The number of aromatic amines is 1. The van der Waals surface area contributed by atoms with Gasteiger partial charge in [0.2, 0.25) is 5.91 Å². The minimum atomic E-state index is -0.0822. The molecule has 0 atom stereocenters. The largest absolute Gasteiger partial charge is 0.493 e. The molecule has 1 N–H and O–H groups in total. The van der Waals surface area contributed by atoms with Gasteiger partial charge in [0.05, 0.1) is 14.2 Å². The van der Waals surface area contributed by atoms with Crippen molar-refractivity contribution in [3.63, 3.8) is 0 Å². The van der Waals surface area contributed by atoms with Crippen LogP contribution >= 0.6 is 0 Å². The number of H-pyrrole nitrogens is 1. The van der Waals surface area contributed by atoms with Crippen molar-refractivity contribution in [3.8, 4) is 11.5 Å². The Morgan fingerprint density at radius 1 is 0.925 bits per heavy atom. The second kappa shape index (κ2) is 12.3. The van der Waals surface area contributed by atoms with Crippen molar-refractivity contribution < 1.29 is 19.1 Å². The Balaban J connectivity index is 1.37. The SMILES string of the molecule is CCc1ccc(C(=O)N(CC(=O)N(CCc2c[nH]c3ccccc23)Cc2ccc(OC)c(OC)c2)C2CC2)cc1. The Morgan fingerprint density at radius 2 is 1.65 bits per heavy atom. The number of ether oxygens (including phenoxy) is 2. The number of aromatic nitrogens is 1. The first-order chi connectivity index (χ1) is 19.5. The summed E-state index contributed by atoms with van der Waals surface area (Å²) in [6.45, 7) is 3.07. The molecule has 0 radical (unpaired) electrons. The lowest BCUT2D eigenvalue weighted by Gasteiger charge is -2.28. The van der Waals surface area contributed by atoms with E-state index in [1.807, 2.05) is 65.7 Å². The normalized spacial score (nSPS) is 12.8. The zero-order valence-electron chi connectivity index (χ0n) is 23.5. The molecule has 0 bridgehead atoms. The molecule has 1 aliphatic carbocycles. The van der Waals surface area contributed by atoms with Crippen LogP contribution in [0.5, 0.6) is 11.5 Å². The minimum Gasteiger partial charge on any atom is -0.493 e. The van der Waals surface area contributed by atoms with Crippen LogP contribution in [0.2, 0.25) is 0 Å². The van der Waals surface area contributed by atoms with Crippen LogP contribution in [0.3, 0.4) is 0 Å². The van der Waals surface area contributed by atoms with E-state index in [-0.39, 0.29) is 24.4 Å². The predicted octanol–water partition coefficient (Wildman–Crippen LogP) is 5.62. The van der Waals surface area contributed by atoms with Crippen LogP contribution in [0.25, 0.3) is 10.9 Å². The van der Waals surface area contributed by atoms with Gasteiger partial charge in [-0.1, -0.05) is 43.3 Å². The maximum absolute atomic E-state index is 13.9. The fourth-order valence-electron chi connectivity index (χ4n) is 5.13. The maximum Gasteiger partial charge on any atom is 0.254 e. The number of rotatable bonds is 12. The Labute approximate surface area is 235 Å². The topological polar surface area (TPSA) is 74.9 Å². The molecule has 2 amide bonds. The van der Waals surface area contributed by atoms with E-state index >= 15 is 0 Å². The molecule has 1 heterocycles. The molecule has 3 aromatic carbocycles. The van der Waals surface area contributed by atoms with Crippen LogP contribution in [0.4, 0.5) is 0 Å². The zero-order chi connectivity index (χ0) is 28.1. The number of methoxy groups -OCH3 is 2. The Kier molecular flexibility index (Phi) is 8.39. The third-order valence-corrected chi connectivity index (χ3v) is 7.66. The fraction of sp³-hybridized carbons (Fsp3) is 0.333. The van der Waals surface area contributed by atoms with Gasteiger partial charge in [-0.2, -0.15) is 0 Å². The molecule has 40 heavy (non-hydrogen) atoms. The van der Waals surface area contributed by atoms with E-state index in [2.05, 4.69) is 24.0 Å². The first kappa shape index (κ1) is 27.3. The lowest BCUT2D eigenvalue weighted by molar-refractivity contribution is -0.132. The van der Waals surface area contributed by atoms with Gasteiger partial charge in [-0.3, -0.25) is 9.59 Å². The third kappa shape index (κ3) is 6.14. The number of para-hydroxylation sites is 1. The number of fused-ring (bicyclic) bond motifs is 1. The number of nitrogens with one attached hydrogen (secondary N) is 1. The lowest BCUT2D eigenvalue weighted by Crippen LogP contribution is -2.44. The molecule has 5 rings (SSSR count). The van der Waals surface area contributed by atoms with Crippen LogP contribution in [0, 0.1) is 0 Å². The number of hydrogen-bond acceptors (Lipinski definition) is 4. The van der Waals surface area contributed by atoms with E-state index in [0.717, 1.165) is 41.3 Å². The van der Waals surface area contributed by atoms with Gasteiger partial charge in [0.25, 0.3) is 5.91 Å². The summed E-state index contributed by atoms with van der Waals surface area (Å²) in [7, 11) is 3.21. The molecule has 1 aliphatic rings. The van der Waals surface area contributed by atoms with Gasteiger partial charge in [0.15, 0.2) is 11.5 Å². The van der Waals surface area contributed by atoms with Crippen molar-refractivity contribution in [1.29, 1.82) is 0 Å². The standard InChI is InChI=1S/C33H37N3O4/c1-4-23-9-12-25(13-10-23)33(38)36(27-14-15-27)22-32(37)35(21-24-11-16-30(39-2)31(19-24)40-3)18-17-26-20-34-29-8-6-5-7-28(26)29/h5-13,16,19-20,27,34H,4,14-15,17-18,21-22H2,1-3H3. The van der Waals surface area contributed by atoms with E-state index in [9.17, 15) is 9.59 Å². The van der Waals surface area contributed by atoms with Crippen molar-refractivity contribution in [2.24, 2.45) is 0 Å². The number of aryl methyl sites for hydroxylation is 1. The summed E-state index contributed by atoms with van der Waals surface area (Å²) in [6, 6.07) is 21.7. The Hall–Kier alpha value is -4.26. The highest BCUT2D eigenvalue weighted by atomic mass is 16.5. The van der Waals surface area contributed by atoms with E-state index in [0.29, 0.717) is 36.6 Å². The number of benzene rings is 3. The van der Waals surface area contributed by atoms with Gasteiger partial charge in [-0.25, -0.2) is 0 Å². The van der Waals surface area contributed by atoms with Crippen molar-refractivity contribution in [3.05, 3.63) is 95.2 Å². The second-order valence-electron chi connectivity index (χ2n) is 10.3. The molecule has 0 spiro atoms. The first-order valence-corrected chi connectivity index (χ1v) is 13.9. The molecule has 7 nitrogen and oxygen atoms in total. The van der Waals surface area contributed by atoms with Crippen molar-refractivity contribution in [1.82, 2.24) is 14.8 Å². The van der Waals surface area contributed by atoms with Crippen LogP contribution < -0.4 is 9.47 Å². The number of carbonyl (C=O) groups excluding carboxylic acids is 2. The van der Waals surface area contributed by atoms with Gasteiger partial charge in [0, 0.05) is 41.8 Å². The minimum absolute atomic E-state index is 0.0558. The van der Waals surface area contributed by atoms with Crippen LogP contribution in [-0.4, -0.2) is 59.9 Å². The van der Waals surface area contributed by atoms with Gasteiger partial charge < -0.3 is 24.3 Å². The maximum atomic E-state index is 13.9. The van der Waals surface area contributed by atoms with Crippen LogP contribution in [0.15, 0.2) is 72.9 Å². The van der Waals surface area contributed by atoms with Gasteiger partial charge in [-0.15, -0.1) is 0 Å². The summed E-state index contributed by atoms with van der Waals surface area (Å²) in [4.78, 5) is 34.3. The molecule has 208 valence electrons. The Morgan fingerprint density at radius 3 is 2.35 bits per heavy atom. The predicted molar refractivity (Wildman–Crippen MR) is 157 cm³/mol. The quantitative estimate of drug-likeness (QED) is 0.253. The van der Waals surface area contributed by atoms with Crippen LogP contribution in [0.1, 0.15) is 46.8 Å². The van der Waals surface area contributed by atoms with E-state index in [1.165, 1.54) is 5.56 Å². The van der Waals surface area contributed by atoms with Crippen molar-refractivity contribution in [2.45, 2.75) is 45.2 Å². The molecule has 1 saturated carbocycles. The second-order valence-corrected chi connectivity index (χ2v) is 10.3. The summed E-state index contributed by atoms with van der Waals surface area (Å²) in [6.07, 6.45) is 5.48. The molecule has 0 saturated heterocycles. The number of amides is 2. The summed E-state index contributed by atoms with van der Waals surface area (Å²) in [5.41, 5.74) is 4.98. The Bertz CT molecular complexity index is 1470. The van der Waals surface area contributed by atoms with E-state index in [1.54, 1.807) is 19.1 Å². The van der Waals surface area contributed by atoms with E-state index < -0.39 is 0 Å². The molecule has 0 unspecified atom stereocenters. The summed E-state index contributed by atoms with van der Waals surface area (Å²) in [5, 5.41) is 1.16. The van der Waals surface area contributed by atoms with Crippen molar-refractivity contribution >= 4 is 22.7 Å². The molecule has 0 aliphatic heterocycles. The number of carbonyl (C=O) groups is 2. The highest BCUT2D eigenvalue weighted by Gasteiger charge is 2.35. The first-order valence-electron chi connectivity index (χ1n) is 13.9. The summed E-state index contributed by atoms with van der Waals surface area (Å²) >= 11 is 0.